The van der Waals surface area contributed by atoms with E-state index >= 15 is 0 Å². The molecule has 0 radical (unpaired) electrons. The van der Waals surface area contributed by atoms with Crippen molar-refractivity contribution in [3.05, 3.63) is 60.4 Å². The lowest BCUT2D eigenvalue weighted by molar-refractivity contribution is -0.123. The van der Waals surface area contributed by atoms with E-state index < -0.39 is 34.2 Å². The third-order valence-electron chi connectivity index (χ3n) is 4.76. The molecule has 8 nitrogen and oxygen atoms in total. The lowest BCUT2D eigenvalue weighted by Crippen LogP contribution is -2.46. The number of nitrogens with one attached hydrogen (secondary N) is 2. The molecule has 1 heterocycles. The summed E-state index contributed by atoms with van der Waals surface area (Å²) in [5.74, 6) is -1.58. The molecule has 31 heavy (non-hydrogen) atoms. The monoisotopic (exact) mass is 449 g/mol. The van der Waals surface area contributed by atoms with Gasteiger partial charge in [0, 0.05) is 18.8 Å². The Morgan fingerprint density at radius 2 is 1.81 bits per heavy atom. The minimum Gasteiger partial charge on any atom is -0.376 e. The van der Waals surface area contributed by atoms with Crippen molar-refractivity contribution in [2.24, 2.45) is 0 Å². The molecule has 1 unspecified atom stereocenters. The topological polar surface area (TPSA) is 105 Å². The number of rotatable bonds is 9. The molecule has 2 N–H and O–H groups in total. The highest BCUT2D eigenvalue weighted by atomic mass is 32.2. The molecule has 1 saturated heterocycles. The van der Waals surface area contributed by atoms with Crippen molar-refractivity contribution in [1.82, 2.24) is 10.0 Å². The van der Waals surface area contributed by atoms with Crippen LogP contribution >= 0.6 is 0 Å². The van der Waals surface area contributed by atoms with E-state index in [1.165, 1.54) is 24.3 Å². The molecule has 1 fully saturated rings. The van der Waals surface area contributed by atoms with Crippen LogP contribution in [0.1, 0.15) is 12.8 Å². The van der Waals surface area contributed by atoms with E-state index in [-0.39, 0.29) is 23.2 Å². The Morgan fingerprint density at radius 3 is 2.45 bits per heavy atom. The summed E-state index contributed by atoms with van der Waals surface area (Å²) in [7, 11) is -3.90. The first-order chi connectivity index (χ1) is 14.8. The summed E-state index contributed by atoms with van der Waals surface area (Å²) in [4.78, 5) is 26.3. The molecule has 0 bridgehead atoms. The Bertz CT molecular complexity index is 993. The highest BCUT2D eigenvalue weighted by molar-refractivity contribution is 7.89. The fraction of sp³-hybridized carbons (Fsp3) is 0.333. The van der Waals surface area contributed by atoms with Crippen molar-refractivity contribution >= 4 is 27.5 Å². The second kappa shape index (κ2) is 10.5. The number of carbonyl (C=O) groups excluding carboxylic acids is 2. The second-order valence-electron chi connectivity index (χ2n) is 7.03. The van der Waals surface area contributed by atoms with Gasteiger partial charge in [0.1, 0.15) is 12.4 Å². The van der Waals surface area contributed by atoms with Gasteiger partial charge in [0.2, 0.25) is 21.8 Å². The predicted octanol–water partition coefficient (Wildman–Crippen LogP) is 1.43. The first kappa shape index (κ1) is 22.9. The number of amides is 2. The second-order valence-corrected chi connectivity index (χ2v) is 8.80. The Labute approximate surface area is 180 Å². The maximum absolute atomic E-state index is 13.3. The number of benzene rings is 2. The average Bonchev–Trinajstić information content (AvgIpc) is 3.29. The average molecular weight is 450 g/mol. The summed E-state index contributed by atoms with van der Waals surface area (Å²) in [6, 6.07) is 12.7. The Morgan fingerprint density at radius 1 is 1.10 bits per heavy atom. The summed E-state index contributed by atoms with van der Waals surface area (Å²) in [5.41, 5.74) is 0.276. The van der Waals surface area contributed by atoms with Crippen molar-refractivity contribution < 1.29 is 27.1 Å². The maximum Gasteiger partial charge on any atom is 0.242 e. The van der Waals surface area contributed by atoms with Crippen LogP contribution in [0.15, 0.2) is 59.5 Å². The van der Waals surface area contributed by atoms with Crippen LogP contribution in [0.2, 0.25) is 0 Å². The number of carbonyl (C=O) groups is 2. The van der Waals surface area contributed by atoms with E-state index in [2.05, 4.69) is 10.0 Å². The number of sulfonamides is 1. The number of hydrogen-bond donors (Lipinski definition) is 2. The lowest BCUT2D eigenvalue weighted by atomic mass is 10.2. The molecular weight excluding hydrogens is 425 g/mol. The van der Waals surface area contributed by atoms with Gasteiger partial charge in [0.15, 0.2) is 0 Å². The summed E-state index contributed by atoms with van der Waals surface area (Å²) >= 11 is 0. The summed E-state index contributed by atoms with van der Waals surface area (Å²) < 4.78 is 45.8. The molecule has 2 aromatic carbocycles. The lowest BCUT2D eigenvalue weighted by Gasteiger charge is -2.23. The van der Waals surface area contributed by atoms with E-state index in [0.29, 0.717) is 13.2 Å². The van der Waals surface area contributed by atoms with Gasteiger partial charge in [0.05, 0.1) is 17.5 Å². The normalized spacial score (nSPS) is 16.1. The fourth-order valence-electron chi connectivity index (χ4n) is 3.11. The summed E-state index contributed by atoms with van der Waals surface area (Å²) in [6.07, 6.45) is 1.72. The van der Waals surface area contributed by atoms with Crippen LogP contribution in [0.5, 0.6) is 0 Å². The first-order valence-corrected chi connectivity index (χ1v) is 11.3. The van der Waals surface area contributed by atoms with Crippen molar-refractivity contribution in [2.45, 2.75) is 23.8 Å². The van der Waals surface area contributed by atoms with E-state index in [4.69, 9.17) is 4.74 Å². The zero-order valence-electron chi connectivity index (χ0n) is 16.8. The Hall–Kier alpha value is -2.82. The molecule has 0 aliphatic carbocycles. The van der Waals surface area contributed by atoms with Gasteiger partial charge in [-0.1, -0.05) is 18.2 Å². The van der Waals surface area contributed by atoms with Crippen molar-refractivity contribution in [2.75, 3.05) is 31.1 Å². The summed E-state index contributed by atoms with van der Waals surface area (Å²) in [6.45, 7) is 0.0745. The minimum atomic E-state index is -3.90. The van der Waals surface area contributed by atoms with E-state index in [1.54, 1.807) is 18.2 Å². The third kappa shape index (κ3) is 6.58. The molecule has 2 aromatic rings. The van der Waals surface area contributed by atoms with Crippen LogP contribution in [0, 0.1) is 5.82 Å². The molecule has 166 valence electrons. The Balaban J connectivity index is 1.67. The molecule has 0 aromatic heterocycles. The molecule has 10 heteroatoms. The van der Waals surface area contributed by atoms with E-state index in [0.717, 1.165) is 29.9 Å². The highest BCUT2D eigenvalue weighted by Crippen LogP contribution is 2.16. The number of hydrogen-bond acceptors (Lipinski definition) is 5. The van der Waals surface area contributed by atoms with Crippen LogP contribution < -0.4 is 14.9 Å². The van der Waals surface area contributed by atoms with Gasteiger partial charge in [-0.2, -0.15) is 0 Å². The first-order valence-electron chi connectivity index (χ1n) is 9.84. The van der Waals surface area contributed by atoms with Crippen LogP contribution in [-0.4, -0.2) is 52.6 Å². The molecule has 1 atom stereocenters. The number of nitrogens with zero attached hydrogens (tertiary/aromatic N) is 1. The van der Waals surface area contributed by atoms with Gasteiger partial charge in [-0.25, -0.2) is 17.5 Å². The van der Waals surface area contributed by atoms with Gasteiger partial charge in [-0.3, -0.25) is 9.59 Å². The van der Waals surface area contributed by atoms with Crippen LogP contribution in [0.4, 0.5) is 10.1 Å². The number of anilines is 1. The van der Waals surface area contributed by atoms with Gasteiger partial charge in [-0.05, 0) is 49.2 Å². The Kier molecular flexibility index (Phi) is 7.72. The molecule has 1 aliphatic rings. The van der Waals surface area contributed by atoms with Crippen LogP contribution in [-0.2, 0) is 24.3 Å². The van der Waals surface area contributed by atoms with Crippen molar-refractivity contribution in [1.29, 1.82) is 0 Å². The third-order valence-corrected chi connectivity index (χ3v) is 6.18. The smallest absolute Gasteiger partial charge is 0.242 e. The highest BCUT2D eigenvalue weighted by Gasteiger charge is 2.23. The number of ether oxygens (including phenoxy) is 1. The largest absolute Gasteiger partial charge is 0.376 e. The van der Waals surface area contributed by atoms with Gasteiger partial charge >= 0.3 is 0 Å². The van der Waals surface area contributed by atoms with Gasteiger partial charge < -0.3 is 15.0 Å². The van der Waals surface area contributed by atoms with Crippen LogP contribution in [0.25, 0.3) is 0 Å². The minimum absolute atomic E-state index is 0.0189. The van der Waals surface area contributed by atoms with Crippen LogP contribution in [0.3, 0.4) is 0 Å². The maximum atomic E-state index is 13.3. The number of halogens is 1. The van der Waals surface area contributed by atoms with E-state index in [9.17, 15) is 22.4 Å². The standard InChI is InChI=1S/C21H24FN3O5S/c22-16-8-10-17(11-9-16)25(15-20(26)23-13-18-5-4-12-30-18)21(27)14-24-31(28,29)19-6-2-1-3-7-19/h1-3,6-11,18,24H,4-5,12-15H2,(H,23,26). The molecule has 0 saturated carbocycles. The van der Waals surface area contributed by atoms with Gasteiger partial charge in [0.25, 0.3) is 0 Å². The zero-order chi connectivity index (χ0) is 22.3. The fourth-order valence-corrected chi connectivity index (χ4v) is 4.11. The van der Waals surface area contributed by atoms with Crippen molar-refractivity contribution in [3.8, 4) is 0 Å². The zero-order valence-corrected chi connectivity index (χ0v) is 17.6. The predicted molar refractivity (Wildman–Crippen MR) is 112 cm³/mol. The molecule has 0 spiro atoms. The molecule has 2 amide bonds. The molecular formula is C21H24FN3O5S. The van der Waals surface area contributed by atoms with Crippen molar-refractivity contribution in [3.63, 3.8) is 0 Å². The van der Waals surface area contributed by atoms with Gasteiger partial charge in [-0.15, -0.1) is 0 Å². The summed E-state index contributed by atoms with van der Waals surface area (Å²) in [5, 5.41) is 2.72. The SMILES string of the molecule is O=C(CN(C(=O)CNS(=O)(=O)c1ccccc1)c1ccc(F)cc1)NCC1CCCO1. The quantitative estimate of drug-likeness (QED) is 0.603. The molecule has 1 aliphatic heterocycles. The van der Waals surface area contributed by atoms with E-state index in [1.807, 2.05) is 0 Å². The molecule has 3 rings (SSSR count).